The van der Waals surface area contributed by atoms with Crippen LogP contribution in [0.1, 0.15) is 29.4 Å². The molecular formula is C18H19N5O2. The van der Waals surface area contributed by atoms with Crippen molar-refractivity contribution in [3.05, 3.63) is 53.7 Å². The van der Waals surface area contributed by atoms with Crippen molar-refractivity contribution in [3.63, 3.8) is 0 Å². The van der Waals surface area contributed by atoms with Crippen LogP contribution in [-0.2, 0) is 17.6 Å². The van der Waals surface area contributed by atoms with Crippen LogP contribution in [0.2, 0.25) is 0 Å². The van der Waals surface area contributed by atoms with Gasteiger partial charge < -0.3 is 14.6 Å². The second-order valence-corrected chi connectivity index (χ2v) is 5.98. The Bertz CT molecular complexity index is 864. The van der Waals surface area contributed by atoms with Crippen LogP contribution in [0.15, 0.2) is 41.3 Å². The molecule has 1 aromatic carbocycles. The highest BCUT2D eigenvalue weighted by atomic mass is 16.5. The van der Waals surface area contributed by atoms with Gasteiger partial charge in [0.25, 0.3) is 5.89 Å². The van der Waals surface area contributed by atoms with Gasteiger partial charge in [-0.15, -0.1) is 0 Å². The van der Waals surface area contributed by atoms with Gasteiger partial charge in [0.2, 0.25) is 0 Å². The monoisotopic (exact) mass is 337 g/mol. The fourth-order valence-corrected chi connectivity index (χ4v) is 3.13. The molecule has 0 saturated carbocycles. The number of hydrogen-bond acceptors (Lipinski definition) is 7. The summed E-state index contributed by atoms with van der Waals surface area (Å²) < 4.78 is 10.4. The molecule has 0 spiro atoms. The van der Waals surface area contributed by atoms with E-state index < -0.39 is 0 Å². The lowest BCUT2D eigenvalue weighted by molar-refractivity contribution is 0.199. The van der Waals surface area contributed by atoms with Gasteiger partial charge in [-0.3, -0.25) is 0 Å². The van der Waals surface area contributed by atoms with E-state index in [0.29, 0.717) is 36.1 Å². The zero-order chi connectivity index (χ0) is 17.1. The van der Waals surface area contributed by atoms with Crippen LogP contribution < -0.4 is 5.32 Å². The minimum atomic E-state index is 0.223. The maximum absolute atomic E-state index is 5.39. The summed E-state index contributed by atoms with van der Waals surface area (Å²) in [4.78, 5) is 12.9. The second kappa shape index (κ2) is 6.98. The topological polar surface area (TPSA) is 86.0 Å². The third-order valence-electron chi connectivity index (χ3n) is 4.38. The number of fused-ring (bicyclic) bond motifs is 1. The first kappa shape index (κ1) is 15.7. The quantitative estimate of drug-likeness (QED) is 0.740. The third-order valence-corrected chi connectivity index (χ3v) is 4.38. The molecule has 0 aliphatic heterocycles. The van der Waals surface area contributed by atoms with Gasteiger partial charge in [-0.25, -0.2) is 9.97 Å². The van der Waals surface area contributed by atoms with E-state index in [0.717, 1.165) is 12.8 Å². The second-order valence-electron chi connectivity index (χ2n) is 5.98. The Morgan fingerprint density at radius 3 is 3.16 bits per heavy atom. The molecule has 3 aromatic rings. The molecule has 0 bridgehead atoms. The van der Waals surface area contributed by atoms with Gasteiger partial charge in [0.15, 0.2) is 5.82 Å². The van der Waals surface area contributed by atoms with Crippen LogP contribution in [0.4, 0.5) is 5.82 Å². The predicted molar refractivity (Wildman–Crippen MR) is 92.0 cm³/mol. The highest BCUT2D eigenvalue weighted by molar-refractivity contribution is 5.68. The Balaban J connectivity index is 1.59. The summed E-state index contributed by atoms with van der Waals surface area (Å²) >= 11 is 0. The lowest BCUT2D eigenvalue weighted by Crippen LogP contribution is -2.09. The SMILES string of the molecule is COCCc1noc(-c2cncnc2N[C@@H]2CCc3ccccc32)n1. The average Bonchev–Trinajstić information content (AvgIpc) is 3.28. The fraction of sp³-hybridized carbons (Fsp3) is 0.333. The zero-order valence-corrected chi connectivity index (χ0v) is 14.0. The lowest BCUT2D eigenvalue weighted by atomic mass is 10.1. The van der Waals surface area contributed by atoms with Gasteiger partial charge in [0, 0.05) is 19.7 Å². The highest BCUT2D eigenvalue weighted by Gasteiger charge is 2.24. The van der Waals surface area contributed by atoms with Crippen molar-refractivity contribution in [2.45, 2.75) is 25.3 Å². The summed E-state index contributed by atoms with van der Waals surface area (Å²) in [6.45, 7) is 0.550. The van der Waals surface area contributed by atoms with Crippen molar-refractivity contribution >= 4 is 5.82 Å². The zero-order valence-electron chi connectivity index (χ0n) is 14.0. The molecule has 7 nitrogen and oxygen atoms in total. The van der Waals surface area contributed by atoms with Gasteiger partial charge in [-0.1, -0.05) is 29.4 Å². The number of nitrogens with zero attached hydrogens (tertiary/aromatic N) is 4. The summed E-state index contributed by atoms with van der Waals surface area (Å²) in [6, 6.07) is 8.71. The largest absolute Gasteiger partial charge is 0.384 e. The van der Waals surface area contributed by atoms with Crippen molar-refractivity contribution in [2.75, 3.05) is 19.0 Å². The van der Waals surface area contributed by atoms with Crippen molar-refractivity contribution < 1.29 is 9.26 Å². The van der Waals surface area contributed by atoms with Crippen molar-refractivity contribution in [1.29, 1.82) is 0 Å². The van der Waals surface area contributed by atoms with Crippen LogP contribution in [0.3, 0.4) is 0 Å². The number of anilines is 1. The molecule has 0 saturated heterocycles. The number of nitrogens with one attached hydrogen (secondary N) is 1. The van der Waals surface area contributed by atoms with Crippen molar-refractivity contribution in [1.82, 2.24) is 20.1 Å². The molecule has 0 amide bonds. The van der Waals surface area contributed by atoms with Crippen molar-refractivity contribution in [2.24, 2.45) is 0 Å². The molecular weight excluding hydrogens is 318 g/mol. The Morgan fingerprint density at radius 2 is 2.24 bits per heavy atom. The first-order valence-corrected chi connectivity index (χ1v) is 8.31. The van der Waals surface area contributed by atoms with Crippen LogP contribution >= 0.6 is 0 Å². The van der Waals surface area contributed by atoms with Crippen LogP contribution in [0.25, 0.3) is 11.5 Å². The molecule has 2 aromatic heterocycles. The number of aromatic nitrogens is 4. The molecule has 1 aliphatic rings. The molecule has 0 radical (unpaired) electrons. The van der Waals surface area contributed by atoms with E-state index in [4.69, 9.17) is 9.26 Å². The van der Waals surface area contributed by atoms with E-state index in [-0.39, 0.29) is 6.04 Å². The summed E-state index contributed by atoms with van der Waals surface area (Å²) in [7, 11) is 1.65. The Morgan fingerprint density at radius 1 is 1.32 bits per heavy atom. The number of hydrogen-bond donors (Lipinski definition) is 1. The predicted octanol–water partition coefficient (Wildman–Crippen LogP) is 2.81. The Kier molecular flexibility index (Phi) is 4.39. The van der Waals surface area contributed by atoms with Gasteiger partial charge in [-0.05, 0) is 24.0 Å². The summed E-state index contributed by atoms with van der Waals surface area (Å²) in [5, 5.41) is 7.50. The van der Waals surface area contributed by atoms with E-state index in [1.54, 1.807) is 13.3 Å². The molecule has 7 heteroatoms. The molecule has 1 aliphatic carbocycles. The van der Waals surface area contributed by atoms with Crippen LogP contribution in [0, 0.1) is 0 Å². The third kappa shape index (κ3) is 3.23. The highest BCUT2D eigenvalue weighted by Crippen LogP contribution is 2.35. The smallest absolute Gasteiger partial charge is 0.263 e. The lowest BCUT2D eigenvalue weighted by Gasteiger charge is -2.15. The first-order valence-electron chi connectivity index (χ1n) is 8.31. The molecule has 0 fully saturated rings. The fourth-order valence-electron chi connectivity index (χ4n) is 3.13. The van der Waals surface area contributed by atoms with E-state index in [9.17, 15) is 0 Å². The molecule has 4 rings (SSSR count). The number of rotatable bonds is 6. The molecule has 0 unspecified atom stereocenters. The van der Waals surface area contributed by atoms with Crippen LogP contribution in [0.5, 0.6) is 0 Å². The Labute approximate surface area is 145 Å². The molecule has 2 heterocycles. The molecule has 1 N–H and O–H groups in total. The van der Waals surface area contributed by atoms with Gasteiger partial charge in [-0.2, -0.15) is 4.98 Å². The number of aryl methyl sites for hydroxylation is 1. The number of ether oxygens (including phenoxy) is 1. The maximum Gasteiger partial charge on any atom is 0.263 e. The van der Waals surface area contributed by atoms with Gasteiger partial charge >= 0.3 is 0 Å². The molecule has 25 heavy (non-hydrogen) atoms. The number of methoxy groups -OCH3 is 1. The number of benzene rings is 1. The van der Waals surface area contributed by atoms with E-state index in [1.165, 1.54) is 17.5 Å². The molecule has 1 atom stereocenters. The normalized spacial score (nSPS) is 16.0. The Hall–Kier alpha value is -2.80. The average molecular weight is 337 g/mol. The molecule has 128 valence electrons. The minimum Gasteiger partial charge on any atom is -0.384 e. The van der Waals surface area contributed by atoms with Crippen molar-refractivity contribution in [3.8, 4) is 11.5 Å². The summed E-state index contributed by atoms with van der Waals surface area (Å²) in [5.74, 6) is 1.73. The van der Waals surface area contributed by atoms with Crippen LogP contribution in [-0.4, -0.2) is 33.8 Å². The van der Waals surface area contributed by atoms with E-state index in [2.05, 4.69) is 49.7 Å². The first-order chi connectivity index (χ1) is 12.3. The van der Waals surface area contributed by atoms with Gasteiger partial charge in [0.05, 0.1) is 12.6 Å². The van der Waals surface area contributed by atoms with E-state index >= 15 is 0 Å². The minimum absolute atomic E-state index is 0.223. The summed E-state index contributed by atoms with van der Waals surface area (Å²) in [6.07, 6.45) is 5.92. The summed E-state index contributed by atoms with van der Waals surface area (Å²) in [5.41, 5.74) is 3.41. The standard InChI is InChI=1S/C18H19N5O2/c1-24-9-8-16-22-18(25-23-16)14-10-19-11-20-17(14)21-15-7-6-12-4-2-3-5-13(12)15/h2-5,10-11,15H,6-9H2,1H3,(H,19,20,21)/t15-/m1/s1. The van der Waals surface area contributed by atoms with Gasteiger partial charge in [0.1, 0.15) is 17.7 Å². The maximum atomic E-state index is 5.39. The van der Waals surface area contributed by atoms with E-state index in [1.807, 2.05) is 0 Å².